The van der Waals surface area contributed by atoms with E-state index in [0.29, 0.717) is 5.75 Å². The van der Waals surface area contributed by atoms with Crippen LogP contribution in [-0.2, 0) is 21.7 Å². The topological polar surface area (TPSA) is 93.5 Å². The zero-order valence-electron chi connectivity index (χ0n) is 13.2. The molecule has 3 rings (SSSR count). The number of thioether (sulfide) groups is 1. The number of fused-ring (bicyclic) bond motifs is 3. The predicted octanol–water partition coefficient (Wildman–Crippen LogP) is 1.37. The van der Waals surface area contributed by atoms with E-state index in [0.717, 1.165) is 17.8 Å². The van der Waals surface area contributed by atoms with Crippen molar-refractivity contribution < 1.29 is 19.4 Å². The number of esters is 1. The maximum absolute atomic E-state index is 12.4. The van der Waals surface area contributed by atoms with Crippen LogP contribution in [0.4, 0.5) is 0 Å². The summed E-state index contributed by atoms with van der Waals surface area (Å²) in [5, 5.41) is 11.7. The molecule has 128 valence electrons. The molecule has 0 aliphatic carbocycles. The maximum Gasteiger partial charge on any atom is 0.330 e. The molecule has 24 heavy (non-hydrogen) atoms. The van der Waals surface area contributed by atoms with Gasteiger partial charge in [-0.2, -0.15) is 0 Å². The minimum absolute atomic E-state index is 0.264. The van der Waals surface area contributed by atoms with Crippen molar-refractivity contribution in [3.05, 3.63) is 28.7 Å². The van der Waals surface area contributed by atoms with E-state index in [-0.39, 0.29) is 5.69 Å². The van der Waals surface area contributed by atoms with Crippen LogP contribution in [0.2, 0.25) is 0 Å². The van der Waals surface area contributed by atoms with Gasteiger partial charge in [-0.25, -0.2) is 9.78 Å². The van der Waals surface area contributed by atoms with Gasteiger partial charge in [0.15, 0.2) is 11.7 Å². The lowest BCUT2D eigenvalue weighted by atomic mass is 10.2. The zero-order chi connectivity index (χ0) is 17.3. The summed E-state index contributed by atoms with van der Waals surface area (Å²) in [7, 11) is 1.20. The summed E-state index contributed by atoms with van der Waals surface area (Å²) < 4.78 is 7.69. The van der Waals surface area contributed by atoms with E-state index in [2.05, 4.69) is 28.0 Å². The minimum Gasteiger partial charge on any atom is -0.467 e. The third-order valence-corrected chi connectivity index (χ3v) is 6.29. The summed E-state index contributed by atoms with van der Waals surface area (Å²) in [5.41, 5.74) is 2.09. The molecule has 1 atom stereocenters. The Morgan fingerprint density at radius 1 is 1.54 bits per heavy atom. The highest BCUT2D eigenvalue weighted by Gasteiger charge is 2.28. The van der Waals surface area contributed by atoms with E-state index in [1.807, 2.05) is 4.57 Å². The molecule has 2 aromatic rings. The van der Waals surface area contributed by atoms with Crippen molar-refractivity contribution >= 4 is 35.0 Å². The van der Waals surface area contributed by atoms with Crippen LogP contribution in [-0.4, -0.2) is 46.3 Å². The van der Waals surface area contributed by atoms with Crippen molar-refractivity contribution in [3.8, 4) is 5.69 Å². The van der Waals surface area contributed by atoms with E-state index in [1.165, 1.54) is 16.2 Å². The molecule has 1 aliphatic rings. The van der Waals surface area contributed by atoms with Crippen molar-refractivity contribution in [3.63, 3.8) is 0 Å². The molecule has 0 saturated heterocycles. The summed E-state index contributed by atoms with van der Waals surface area (Å²) in [6.45, 7) is 1.58. The highest BCUT2D eigenvalue weighted by atomic mass is 32.2. The highest BCUT2D eigenvalue weighted by Crippen LogP contribution is 2.41. The van der Waals surface area contributed by atoms with Crippen molar-refractivity contribution in [1.29, 1.82) is 0 Å². The first-order chi connectivity index (χ1) is 11.6. The van der Waals surface area contributed by atoms with Gasteiger partial charge in [0, 0.05) is 10.6 Å². The van der Waals surface area contributed by atoms with Crippen molar-refractivity contribution in [2.75, 3.05) is 13.7 Å². The lowest BCUT2D eigenvalue weighted by Gasteiger charge is -2.16. The first-order valence-corrected chi connectivity index (χ1v) is 9.20. The maximum atomic E-state index is 12.4. The Morgan fingerprint density at radius 2 is 2.33 bits per heavy atom. The van der Waals surface area contributed by atoms with Gasteiger partial charge < -0.3 is 15.2 Å². The standard InChI is InChI=1S/C15H17N3O4S2/c1-3-8-4-10-15(24-8)23-6-11-12(16-7-18(10)11)13(20)17-9(5-19)14(21)22-2/h4,7,9,19H,3,5-6H2,1-2H3,(H,17,20). The number of carbonyl (C=O) groups excluding carboxylic acids is 2. The monoisotopic (exact) mass is 367 g/mol. The van der Waals surface area contributed by atoms with E-state index in [9.17, 15) is 14.7 Å². The van der Waals surface area contributed by atoms with Crippen molar-refractivity contribution in [1.82, 2.24) is 14.9 Å². The number of nitrogens with one attached hydrogen (secondary N) is 1. The van der Waals surface area contributed by atoms with E-state index in [1.54, 1.807) is 29.4 Å². The molecule has 0 aromatic carbocycles. The summed E-state index contributed by atoms with van der Waals surface area (Å²) >= 11 is 3.43. The lowest BCUT2D eigenvalue weighted by Crippen LogP contribution is -2.44. The fourth-order valence-corrected chi connectivity index (χ4v) is 4.85. The molecule has 0 fully saturated rings. The smallest absolute Gasteiger partial charge is 0.330 e. The van der Waals surface area contributed by atoms with Crippen molar-refractivity contribution in [2.24, 2.45) is 0 Å². The first kappa shape index (κ1) is 17.0. The second kappa shape index (κ2) is 6.96. The van der Waals surface area contributed by atoms with Gasteiger partial charge in [-0.15, -0.1) is 23.1 Å². The van der Waals surface area contributed by atoms with Gasteiger partial charge in [0.1, 0.15) is 6.33 Å². The van der Waals surface area contributed by atoms with Crippen molar-refractivity contribution in [2.45, 2.75) is 29.3 Å². The van der Waals surface area contributed by atoms with Crippen LogP contribution in [0, 0.1) is 0 Å². The molecule has 0 spiro atoms. The summed E-state index contributed by atoms with van der Waals surface area (Å²) in [6.07, 6.45) is 2.59. The number of amides is 1. The van der Waals surface area contributed by atoms with Gasteiger partial charge in [-0.3, -0.25) is 9.36 Å². The molecule has 7 nitrogen and oxygen atoms in total. The summed E-state index contributed by atoms with van der Waals surface area (Å²) in [4.78, 5) is 29.4. The molecule has 0 bridgehead atoms. The van der Waals surface area contributed by atoms with Gasteiger partial charge in [0.05, 0.1) is 29.3 Å². The Hall–Kier alpha value is -1.84. The molecule has 1 aliphatic heterocycles. The quantitative estimate of drug-likeness (QED) is 0.775. The molecule has 0 radical (unpaired) electrons. The number of thiophene rings is 1. The number of aliphatic hydroxyl groups is 1. The van der Waals surface area contributed by atoms with Crippen LogP contribution in [0.5, 0.6) is 0 Å². The van der Waals surface area contributed by atoms with Gasteiger partial charge in [-0.1, -0.05) is 6.92 Å². The normalized spacial score (nSPS) is 13.8. The fourth-order valence-electron chi connectivity index (χ4n) is 2.45. The number of methoxy groups -OCH3 is 1. The third-order valence-electron chi connectivity index (χ3n) is 3.73. The molecule has 2 N–H and O–H groups in total. The van der Waals surface area contributed by atoms with Crippen LogP contribution in [0.1, 0.15) is 28.0 Å². The largest absolute Gasteiger partial charge is 0.467 e. The van der Waals surface area contributed by atoms with Crippen LogP contribution >= 0.6 is 23.1 Å². The molecular weight excluding hydrogens is 350 g/mol. The van der Waals surface area contributed by atoms with Crippen LogP contribution < -0.4 is 5.32 Å². The SMILES string of the molecule is CCc1cc2c(s1)SCc1c(C(=O)NC(CO)C(=O)OC)ncn1-2. The Kier molecular flexibility index (Phi) is 4.93. The number of imidazole rings is 1. The number of hydrogen-bond donors (Lipinski definition) is 2. The second-order valence-corrected chi connectivity index (χ2v) is 7.55. The van der Waals surface area contributed by atoms with Gasteiger partial charge >= 0.3 is 5.97 Å². The molecular formula is C15H17N3O4S2. The van der Waals surface area contributed by atoms with Gasteiger partial charge in [-0.05, 0) is 12.5 Å². The molecule has 1 amide bonds. The third kappa shape index (κ3) is 2.94. The summed E-state index contributed by atoms with van der Waals surface area (Å²) in [6, 6.07) is 1.02. The van der Waals surface area contributed by atoms with Crippen LogP contribution in [0.3, 0.4) is 0 Å². The minimum atomic E-state index is -1.10. The number of aryl methyl sites for hydroxylation is 1. The fraction of sp³-hybridized carbons (Fsp3) is 0.400. The first-order valence-electron chi connectivity index (χ1n) is 7.40. The zero-order valence-corrected chi connectivity index (χ0v) is 14.9. The van der Waals surface area contributed by atoms with Gasteiger partial charge in [0.25, 0.3) is 5.91 Å². The molecule has 0 saturated carbocycles. The molecule has 9 heteroatoms. The number of nitrogens with zero attached hydrogens (tertiary/aromatic N) is 2. The number of aromatic nitrogens is 2. The van der Waals surface area contributed by atoms with Gasteiger partial charge in [0.2, 0.25) is 0 Å². The Bertz CT molecular complexity index is 784. The molecule has 1 unspecified atom stereocenters. The number of ether oxygens (including phenoxy) is 1. The van der Waals surface area contributed by atoms with E-state index in [4.69, 9.17) is 0 Å². The number of carbonyl (C=O) groups is 2. The van der Waals surface area contributed by atoms with Crippen LogP contribution in [0.25, 0.3) is 5.69 Å². The number of hydrogen-bond acceptors (Lipinski definition) is 7. The average Bonchev–Trinajstić information content (AvgIpc) is 3.21. The predicted molar refractivity (Wildman–Crippen MR) is 90.7 cm³/mol. The Balaban J connectivity index is 1.87. The van der Waals surface area contributed by atoms with Crippen LogP contribution in [0.15, 0.2) is 16.6 Å². The molecule has 3 heterocycles. The summed E-state index contributed by atoms with van der Waals surface area (Å²) in [5.74, 6) is -0.564. The van der Waals surface area contributed by atoms with E-state index >= 15 is 0 Å². The highest BCUT2D eigenvalue weighted by molar-refractivity contribution is 8.00. The Labute approximate surface area is 147 Å². The Morgan fingerprint density at radius 3 is 3.00 bits per heavy atom. The molecule has 2 aromatic heterocycles. The number of aliphatic hydroxyl groups excluding tert-OH is 1. The lowest BCUT2D eigenvalue weighted by molar-refractivity contribution is -0.143. The number of rotatable bonds is 5. The average molecular weight is 367 g/mol. The van der Waals surface area contributed by atoms with E-state index < -0.39 is 24.5 Å². The second-order valence-electron chi connectivity index (χ2n) is 5.17.